The van der Waals surface area contributed by atoms with E-state index < -0.39 is 0 Å². The summed E-state index contributed by atoms with van der Waals surface area (Å²) < 4.78 is 0. The van der Waals surface area contributed by atoms with Crippen LogP contribution >= 0.6 is 12.4 Å². The molecule has 2 fully saturated rings. The lowest BCUT2D eigenvalue weighted by atomic mass is 9.92. The van der Waals surface area contributed by atoms with Gasteiger partial charge in [0, 0.05) is 0 Å². The van der Waals surface area contributed by atoms with Crippen LogP contribution in [0, 0.1) is 0 Å². The molecule has 0 spiro atoms. The highest BCUT2D eigenvalue weighted by Crippen LogP contribution is 2.18. The minimum atomic E-state index is -0.346. The molecule has 0 aromatic rings. The largest absolute Gasteiger partial charge is 0.391 e. The van der Waals surface area contributed by atoms with Gasteiger partial charge in [0.25, 0.3) is 0 Å². The first-order valence-electron chi connectivity index (χ1n) is 6.49. The molecule has 1 saturated heterocycles. The molecule has 1 heterocycles. The van der Waals surface area contributed by atoms with E-state index >= 15 is 0 Å². The van der Waals surface area contributed by atoms with Gasteiger partial charge in [0.2, 0.25) is 5.91 Å². The van der Waals surface area contributed by atoms with Crippen molar-refractivity contribution in [3.05, 3.63) is 0 Å². The van der Waals surface area contributed by atoms with E-state index in [1.807, 2.05) is 0 Å². The van der Waals surface area contributed by atoms with E-state index in [2.05, 4.69) is 10.6 Å². The molecule has 0 aromatic carbocycles. The minimum Gasteiger partial charge on any atom is -0.391 e. The van der Waals surface area contributed by atoms with E-state index in [0.29, 0.717) is 0 Å². The Morgan fingerprint density at radius 1 is 1.12 bits per heavy atom. The Morgan fingerprint density at radius 2 is 1.82 bits per heavy atom. The zero-order valence-electron chi connectivity index (χ0n) is 10.2. The van der Waals surface area contributed by atoms with Crippen molar-refractivity contribution in [3.63, 3.8) is 0 Å². The topological polar surface area (TPSA) is 61.4 Å². The summed E-state index contributed by atoms with van der Waals surface area (Å²) in [6.45, 7) is 0.936. The van der Waals surface area contributed by atoms with Crippen LogP contribution in [0.4, 0.5) is 0 Å². The van der Waals surface area contributed by atoms with Crippen LogP contribution in [0.3, 0.4) is 0 Å². The van der Waals surface area contributed by atoms with Crippen LogP contribution in [0.25, 0.3) is 0 Å². The monoisotopic (exact) mass is 262 g/mol. The van der Waals surface area contributed by atoms with Crippen LogP contribution in [0.15, 0.2) is 0 Å². The number of carbonyl (C=O) groups is 1. The molecule has 1 aliphatic heterocycles. The summed E-state index contributed by atoms with van der Waals surface area (Å²) in [7, 11) is 0. The quantitative estimate of drug-likeness (QED) is 0.695. The molecular formula is C12H23ClN2O2. The molecule has 2 rings (SSSR count). The van der Waals surface area contributed by atoms with Crippen molar-refractivity contribution in [2.45, 2.75) is 63.1 Å². The first kappa shape index (κ1) is 14.7. The van der Waals surface area contributed by atoms with Gasteiger partial charge in [0.15, 0.2) is 0 Å². The van der Waals surface area contributed by atoms with E-state index in [1.54, 1.807) is 0 Å². The Hall–Kier alpha value is -0.320. The third-order valence-corrected chi connectivity index (χ3v) is 3.68. The number of amides is 1. The zero-order valence-corrected chi connectivity index (χ0v) is 11.0. The molecule has 3 atom stereocenters. The smallest absolute Gasteiger partial charge is 0.237 e. The highest BCUT2D eigenvalue weighted by atomic mass is 35.5. The molecule has 5 heteroatoms. The molecular weight excluding hydrogens is 240 g/mol. The van der Waals surface area contributed by atoms with Crippen molar-refractivity contribution in [2.75, 3.05) is 6.54 Å². The number of hydrogen-bond donors (Lipinski definition) is 3. The molecule has 3 N–H and O–H groups in total. The number of carbonyl (C=O) groups excluding carboxylic acids is 1. The van der Waals surface area contributed by atoms with Crippen molar-refractivity contribution in [1.29, 1.82) is 0 Å². The predicted molar refractivity (Wildman–Crippen MR) is 69.3 cm³/mol. The van der Waals surface area contributed by atoms with Crippen LogP contribution in [0.2, 0.25) is 0 Å². The highest BCUT2D eigenvalue weighted by molar-refractivity contribution is 5.85. The van der Waals surface area contributed by atoms with Gasteiger partial charge in [-0.15, -0.1) is 12.4 Å². The number of hydrogen-bond acceptors (Lipinski definition) is 3. The predicted octanol–water partition coefficient (Wildman–Crippen LogP) is 0.970. The maximum absolute atomic E-state index is 11.9. The molecule has 0 aromatic heterocycles. The van der Waals surface area contributed by atoms with Crippen molar-refractivity contribution in [3.8, 4) is 0 Å². The molecule has 0 bridgehead atoms. The number of aliphatic hydroxyl groups is 1. The first-order valence-corrected chi connectivity index (χ1v) is 6.49. The second-order valence-electron chi connectivity index (χ2n) is 4.97. The second-order valence-corrected chi connectivity index (χ2v) is 4.97. The molecule has 17 heavy (non-hydrogen) atoms. The van der Waals surface area contributed by atoms with E-state index in [0.717, 1.165) is 51.5 Å². The van der Waals surface area contributed by atoms with Crippen LogP contribution in [-0.4, -0.2) is 35.7 Å². The van der Waals surface area contributed by atoms with E-state index in [9.17, 15) is 9.90 Å². The fraction of sp³-hybridized carbons (Fsp3) is 0.917. The maximum Gasteiger partial charge on any atom is 0.237 e. The third kappa shape index (κ3) is 4.12. The lowest BCUT2D eigenvalue weighted by molar-refractivity contribution is -0.125. The fourth-order valence-electron chi connectivity index (χ4n) is 2.64. The molecule has 4 nitrogen and oxygen atoms in total. The molecule has 1 aliphatic carbocycles. The van der Waals surface area contributed by atoms with Gasteiger partial charge in [0.05, 0.1) is 18.2 Å². The summed E-state index contributed by atoms with van der Waals surface area (Å²) >= 11 is 0. The number of nitrogens with one attached hydrogen (secondary N) is 2. The third-order valence-electron chi connectivity index (χ3n) is 3.68. The lowest BCUT2D eigenvalue weighted by Crippen LogP contribution is -2.53. The number of piperidine rings is 1. The van der Waals surface area contributed by atoms with Crippen LogP contribution < -0.4 is 10.6 Å². The highest BCUT2D eigenvalue weighted by Gasteiger charge is 2.28. The van der Waals surface area contributed by atoms with E-state index in [-0.39, 0.29) is 36.5 Å². The molecule has 2 aliphatic rings. The van der Waals surface area contributed by atoms with Crippen LogP contribution in [-0.2, 0) is 4.79 Å². The Kier molecular flexibility index (Phi) is 6.23. The summed E-state index contributed by atoms with van der Waals surface area (Å²) in [4.78, 5) is 11.9. The summed E-state index contributed by atoms with van der Waals surface area (Å²) in [6.07, 6.45) is 6.79. The van der Waals surface area contributed by atoms with Gasteiger partial charge < -0.3 is 15.7 Å². The Balaban J connectivity index is 0.00000144. The van der Waals surface area contributed by atoms with Crippen molar-refractivity contribution in [1.82, 2.24) is 10.6 Å². The zero-order chi connectivity index (χ0) is 11.4. The lowest BCUT2D eigenvalue weighted by Gasteiger charge is -2.31. The standard InChI is InChI=1S/C12H22N2O2.ClH/c15-11-7-2-1-5-9(11)14-12(16)10-6-3-4-8-13-10;/h9-11,13,15H,1-8H2,(H,14,16);1H/t9-,10-,11-;/m1./s1. The molecule has 100 valence electrons. The van der Waals surface area contributed by atoms with Gasteiger partial charge in [-0.2, -0.15) is 0 Å². The number of aliphatic hydroxyl groups excluding tert-OH is 1. The van der Waals surface area contributed by atoms with Crippen molar-refractivity contribution in [2.24, 2.45) is 0 Å². The van der Waals surface area contributed by atoms with Gasteiger partial charge in [-0.25, -0.2) is 0 Å². The first-order chi connectivity index (χ1) is 7.77. The van der Waals surface area contributed by atoms with Crippen molar-refractivity contribution >= 4 is 18.3 Å². The fourth-order valence-corrected chi connectivity index (χ4v) is 2.64. The SMILES string of the molecule is Cl.O=C(N[C@@H]1CCCC[C@H]1O)[C@H]1CCCCN1. The number of halogens is 1. The average Bonchev–Trinajstić information content (AvgIpc) is 2.33. The molecule has 1 amide bonds. The average molecular weight is 263 g/mol. The van der Waals surface area contributed by atoms with Gasteiger partial charge in [-0.05, 0) is 32.2 Å². The summed E-state index contributed by atoms with van der Waals surface area (Å²) in [5.41, 5.74) is 0. The van der Waals surface area contributed by atoms with Crippen molar-refractivity contribution < 1.29 is 9.90 Å². The maximum atomic E-state index is 11.9. The summed E-state index contributed by atoms with van der Waals surface area (Å²) in [5.74, 6) is 0.0747. The Labute approximate surface area is 109 Å². The minimum absolute atomic E-state index is 0. The second kappa shape index (κ2) is 7.19. The summed E-state index contributed by atoms with van der Waals surface area (Å²) in [5, 5.41) is 16.0. The molecule has 1 saturated carbocycles. The Bertz CT molecular complexity index is 245. The Morgan fingerprint density at radius 3 is 2.47 bits per heavy atom. The molecule has 0 unspecified atom stereocenters. The van der Waals surface area contributed by atoms with Crippen LogP contribution in [0.1, 0.15) is 44.9 Å². The molecule has 0 radical (unpaired) electrons. The van der Waals surface area contributed by atoms with E-state index in [4.69, 9.17) is 0 Å². The van der Waals surface area contributed by atoms with E-state index in [1.165, 1.54) is 0 Å². The van der Waals surface area contributed by atoms with Gasteiger partial charge in [-0.3, -0.25) is 4.79 Å². The van der Waals surface area contributed by atoms with Gasteiger partial charge in [-0.1, -0.05) is 19.3 Å². The normalized spacial score (nSPS) is 33.6. The van der Waals surface area contributed by atoms with Gasteiger partial charge >= 0.3 is 0 Å². The summed E-state index contributed by atoms with van der Waals surface area (Å²) in [6, 6.07) is -0.0622. The number of rotatable bonds is 2. The van der Waals surface area contributed by atoms with Crippen LogP contribution in [0.5, 0.6) is 0 Å². The van der Waals surface area contributed by atoms with Gasteiger partial charge in [0.1, 0.15) is 0 Å².